The molecule has 0 bridgehead atoms. The summed E-state index contributed by atoms with van der Waals surface area (Å²) >= 11 is 0. The minimum atomic E-state index is -1.57. The minimum absolute atomic E-state index is 0.189. The normalized spacial score (nSPS) is 20.4. The molecule has 63 heavy (non-hydrogen) atoms. The molecule has 0 aromatic heterocycles. The van der Waals surface area contributed by atoms with Gasteiger partial charge in [0.2, 0.25) is 5.91 Å². The summed E-state index contributed by atoms with van der Waals surface area (Å²) in [4.78, 5) is 13.0. The molecule has 0 spiro atoms. The highest BCUT2D eigenvalue weighted by molar-refractivity contribution is 5.76. The Bertz CT molecular complexity index is 1080. The van der Waals surface area contributed by atoms with Gasteiger partial charge in [-0.25, -0.2) is 0 Å². The van der Waals surface area contributed by atoms with Crippen molar-refractivity contribution in [2.24, 2.45) is 0 Å². The van der Waals surface area contributed by atoms with Gasteiger partial charge in [0.25, 0.3) is 0 Å². The number of hydrogen-bond donors (Lipinski definition) is 6. The highest BCUT2D eigenvalue weighted by Crippen LogP contribution is 2.23. The lowest BCUT2D eigenvalue weighted by Crippen LogP contribution is -2.60. The standard InChI is InChI=1S/C54H101NO8/c1-3-5-7-9-11-13-15-17-19-21-23-24-26-27-29-31-33-35-37-39-41-43-48(57)47(46-62-54-53(61)52(60)51(59)49(45-56)63-54)55-50(58)44-42-40-38-36-34-32-30-28-25-22-20-18-16-14-12-10-8-6-4-2/h22,25,33,35,41,43,47-49,51-54,56-57,59-61H,3-21,23-24,26-32,34,36-40,42,44-46H2,1-2H3,(H,55,58)/b25-22-,35-33+,43-41+. The molecule has 7 atom stereocenters. The van der Waals surface area contributed by atoms with Crippen LogP contribution in [0.5, 0.6) is 0 Å². The Labute approximate surface area is 387 Å². The molecule has 9 heteroatoms. The molecule has 7 unspecified atom stereocenters. The zero-order valence-electron chi connectivity index (χ0n) is 40.8. The Kier molecular flexibility index (Phi) is 41.7. The first-order valence-corrected chi connectivity index (χ1v) is 26.7. The summed E-state index contributed by atoms with van der Waals surface area (Å²) < 4.78 is 11.2. The van der Waals surface area contributed by atoms with Gasteiger partial charge in [-0.1, -0.05) is 217 Å². The van der Waals surface area contributed by atoms with Gasteiger partial charge < -0.3 is 40.3 Å². The van der Waals surface area contributed by atoms with Crippen LogP contribution in [0.2, 0.25) is 0 Å². The molecule has 1 fully saturated rings. The summed E-state index contributed by atoms with van der Waals surface area (Å²) in [6, 6.07) is -0.823. The molecule has 0 saturated carbocycles. The van der Waals surface area contributed by atoms with E-state index in [4.69, 9.17) is 9.47 Å². The Morgan fingerprint density at radius 2 is 0.905 bits per heavy atom. The second-order valence-electron chi connectivity index (χ2n) is 18.7. The predicted molar refractivity (Wildman–Crippen MR) is 263 cm³/mol. The van der Waals surface area contributed by atoms with Crippen molar-refractivity contribution in [1.29, 1.82) is 0 Å². The molecular weight excluding hydrogens is 791 g/mol. The van der Waals surface area contributed by atoms with Crippen LogP contribution in [0.1, 0.15) is 245 Å². The van der Waals surface area contributed by atoms with Gasteiger partial charge in [0.05, 0.1) is 25.4 Å². The van der Waals surface area contributed by atoms with Crippen molar-refractivity contribution < 1.29 is 39.8 Å². The average molecular weight is 892 g/mol. The molecule has 1 aliphatic heterocycles. The van der Waals surface area contributed by atoms with Crippen molar-refractivity contribution >= 4 is 5.91 Å². The number of carbonyl (C=O) groups excluding carboxylic acids is 1. The fourth-order valence-corrected chi connectivity index (χ4v) is 8.40. The van der Waals surface area contributed by atoms with Crippen LogP contribution in [0.4, 0.5) is 0 Å². The second kappa shape index (κ2) is 44.3. The molecule has 9 nitrogen and oxygen atoms in total. The van der Waals surface area contributed by atoms with Gasteiger partial charge in [-0.2, -0.15) is 0 Å². The third kappa shape index (κ3) is 34.4. The minimum Gasteiger partial charge on any atom is -0.394 e. The molecule has 0 radical (unpaired) electrons. The fraction of sp³-hybridized carbons (Fsp3) is 0.870. The first-order chi connectivity index (χ1) is 30.8. The number of hydrogen-bond acceptors (Lipinski definition) is 8. The predicted octanol–water partition coefficient (Wildman–Crippen LogP) is 12.4. The van der Waals surface area contributed by atoms with Gasteiger partial charge in [-0.15, -0.1) is 0 Å². The van der Waals surface area contributed by atoms with E-state index in [9.17, 15) is 30.3 Å². The van der Waals surface area contributed by atoms with E-state index in [0.717, 1.165) is 51.4 Å². The Morgan fingerprint density at radius 3 is 1.33 bits per heavy atom. The van der Waals surface area contributed by atoms with E-state index in [2.05, 4.69) is 43.5 Å². The molecule has 0 aromatic carbocycles. The zero-order chi connectivity index (χ0) is 45.9. The molecule has 1 heterocycles. The van der Waals surface area contributed by atoms with E-state index < -0.39 is 49.5 Å². The smallest absolute Gasteiger partial charge is 0.220 e. The van der Waals surface area contributed by atoms with Crippen LogP contribution >= 0.6 is 0 Å². The number of amides is 1. The van der Waals surface area contributed by atoms with Crippen molar-refractivity contribution in [3.8, 4) is 0 Å². The molecule has 1 saturated heterocycles. The maximum atomic E-state index is 13.0. The highest BCUT2D eigenvalue weighted by atomic mass is 16.7. The number of aliphatic hydroxyl groups is 5. The number of unbranched alkanes of at least 4 members (excludes halogenated alkanes) is 31. The van der Waals surface area contributed by atoms with Gasteiger partial charge in [0, 0.05) is 6.42 Å². The summed E-state index contributed by atoms with van der Waals surface area (Å²) in [5.74, 6) is -0.189. The summed E-state index contributed by atoms with van der Waals surface area (Å²) in [6.07, 6.45) is 49.1. The van der Waals surface area contributed by atoms with E-state index in [1.54, 1.807) is 6.08 Å². The molecule has 370 valence electrons. The van der Waals surface area contributed by atoms with Crippen molar-refractivity contribution in [2.45, 2.75) is 288 Å². The van der Waals surface area contributed by atoms with Crippen molar-refractivity contribution in [3.05, 3.63) is 36.5 Å². The summed E-state index contributed by atoms with van der Waals surface area (Å²) in [7, 11) is 0. The largest absolute Gasteiger partial charge is 0.394 e. The lowest BCUT2D eigenvalue weighted by atomic mass is 9.99. The third-order valence-electron chi connectivity index (χ3n) is 12.7. The number of aliphatic hydroxyl groups excluding tert-OH is 5. The van der Waals surface area contributed by atoms with E-state index in [1.807, 2.05) is 6.08 Å². The first-order valence-electron chi connectivity index (χ1n) is 26.7. The lowest BCUT2D eigenvalue weighted by molar-refractivity contribution is -0.302. The average Bonchev–Trinajstić information content (AvgIpc) is 3.28. The summed E-state index contributed by atoms with van der Waals surface area (Å²) in [6.45, 7) is 3.78. The molecule has 0 aromatic rings. The van der Waals surface area contributed by atoms with Crippen LogP contribution in [0.15, 0.2) is 36.5 Å². The summed E-state index contributed by atoms with van der Waals surface area (Å²) in [5.41, 5.74) is 0. The monoisotopic (exact) mass is 892 g/mol. The molecular formula is C54H101NO8. The Hall–Kier alpha value is -1.59. The second-order valence-corrected chi connectivity index (χ2v) is 18.7. The maximum absolute atomic E-state index is 13.0. The molecule has 6 N–H and O–H groups in total. The zero-order valence-corrected chi connectivity index (χ0v) is 40.8. The van der Waals surface area contributed by atoms with Crippen LogP contribution in [0.3, 0.4) is 0 Å². The van der Waals surface area contributed by atoms with Gasteiger partial charge in [-0.3, -0.25) is 4.79 Å². The molecule has 1 rings (SSSR count). The van der Waals surface area contributed by atoms with E-state index in [1.165, 1.54) is 173 Å². The van der Waals surface area contributed by atoms with Crippen LogP contribution < -0.4 is 5.32 Å². The number of ether oxygens (including phenoxy) is 2. The highest BCUT2D eigenvalue weighted by Gasteiger charge is 2.44. The topological polar surface area (TPSA) is 149 Å². The van der Waals surface area contributed by atoms with Crippen LogP contribution in [0.25, 0.3) is 0 Å². The number of allylic oxidation sites excluding steroid dienone is 5. The Morgan fingerprint density at radius 1 is 0.524 bits per heavy atom. The first kappa shape index (κ1) is 59.4. The Balaban J connectivity index is 2.31. The third-order valence-corrected chi connectivity index (χ3v) is 12.7. The van der Waals surface area contributed by atoms with Crippen LogP contribution in [-0.2, 0) is 14.3 Å². The van der Waals surface area contributed by atoms with E-state index >= 15 is 0 Å². The van der Waals surface area contributed by atoms with E-state index in [0.29, 0.717) is 6.42 Å². The number of rotatable bonds is 45. The molecule has 0 aliphatic carbocycles. The van der Waals surface area contributed by atoms with Gasteiger partial charge in [0.1, 0.15) is 24.4 Å². The van der Waals surface area contributed by atoms with Crippen molar-refractivity contribution in [2.75, 3.05) is 13.2 Å². The SMILES string of the molecule is CCCCCCCCCC/C=C\CCCCCCCCCC(=O)NC(COC1OC(CO)C(O)C(O)C1O)C(O)/C=C/CC/C=C/CCCCCCCCCCCCCCCCC. The quantitative estimate of drug-likeness (QED) is 0.0261. The van der Waals surface area contributed by atoms with E-state index in [-0.39, 0.29) is 12.5 Å². The van der Waals surface area contributed by atoms with Crippen molar-refractivity contribution in [3.63, 3.8) is 0 Å². The number of nitrogens with one attached hydrogen (secondary N) is 1. The van der Waals surface area contributed by atoms with Gasteiger partial charge in [-0.05, 0) is 57.8 Å². The lowest BCUT2D eigenvalue weighted by Gasteiger charge is -2.40. The van der Waals surface area contributed by atoms with Crippen molar-refractivity contribution in [1.82, 2.24) is 5.32 Å². The maximum Gasteiger partial charge on any atom is 0.220 e. The molecule has 1 amide bonds. The van der Waals surface area contributed by atoms with Gasteiger partial charge in [0.15, 0.2) is 6.29 Å². The van der Waals surface area contributed by atoms with Crippen LogP contribution in [0, 0.1) is 0 Å². The van der Waals surface area contributed by atoms with Crippen LogP contribution in [-0.4, -0.2) is 87.5 Å². The van der Waals surface area contributed by atoms with Gasteiger partial charge >= 0.3 is 0 Å². The molecule has 1 aliphatic rings. The fourth-order valence-electron chi connectivity index (χ4n) is 8.40. The summed E-state index contributed by atoms with van der Waals surface area (Å²) in [5, 5.41) is 54.4. The number of carbonyl (C=O) groups is 1.